The predicted molar refractivity (Wildman–Crippen MR) is 521 cm³/mol. The minimum atomic E-state index is -0.311. The van der Waals surface area contributed by atoms with E-state index in [1.807, 2.05) is 146 Å². The van der Waals surface area contributed by atoms with Crippen LogP contribution in [0, 0.1) is 0 Å². The van der Waals surface area contributed by atoms with Gasteiger partial charge in [-0.2, -0.15) is 0 Å². The van der Waals surface area contributed by atoms with Gasteiger partial charge in [-0.1, -0.05) is 307 Å². The van der Waals surface area contributed by atoms with Gasteiger partial charge >= 0.3 is 36.2 Å². The first-order chi connectivity index (χ1) is 61.8. The lowest BCUT2D eigenvalue weighted by molar-refractivity contribution is 0.251. The van der Waals surface area contributed by atoms with Gasteiger partial charge in [0, 0.05) is 107 Å². The smallest absolute Gasteiger partial charge is 0.319 e. The van der Waals surface area contributed by atoms with Crippen molar-refractivity contribution >= 4 is 103 Å². The molecule has 7 aromatic carbocycles. The normalized spacial score (nSPS) is 11.2. The first-order valence-corrected chi connectivity index (χ1v) is 47.5. The molecule has 3 aromatic heterocycles. The Labute approximate surface area is 746 Å². The molecule has 0 radical (unpaired) electrons. The van der Waals surface area contributed by atoms with Gasteiger partial charge in [0.1, 0.15) is 33.1 Å². The fourth-order valence-corrected chi connectivity index (χ4v) is 15.5. The molecule has 0 bridgehead atoms. The summed E-state index contributed by atoms with van der Waals surface area (Å²) in [6.07, 6.45) is 39.5. The second-order valence-corrected chi connectivity index (χ2v) is 33.2. The lowest BCUT2D eigenvalue weighted by atomic mass is 10.00. The standard InChI is InChI=1S/C102H138N18O6/c1-7-13-19-25-31-37-67-103-97(121)109-79-55-43-73(44-56-79)85-86(74-45-57-80(58-46-74)110-98(122)104-68-38-32-26-20-14-8-2)116-92-91(115-85)93-95(119-88(76-49-61-82(62-50-76)112-100(124)106-70-40-34-28-22-16-10-4)87(117-93)75-47-59-81(60-48-75)111-99(123)105-69-39-33-27-21-15-9-3)96-94(92)118-89(77-51-63-83(64-52-77)113-101(125)107-71-41-35-29-23-17-11-5)90(120-96)78-53-65-84(66-54-78)114-102(126)108-72-42-36-30-24-18-12-6/h43-66H,7-42,67-72H2,1-6H3,(H2,103,109,121)(H2,104,110,122)(H2,105,111,123)(H2,106,112,124)(H2,107,113,125)(H2,108,114,126). The number of nitrogens with zero attached hydrogens (tertiary/aromatic N) is 6. The highest BCUT2D eigenvalue weighted by Gasteiger charge is 2.27. The van der Waals surface area contributed by atoms with Gasteiger partial charge in [0.2, 0.25) is 0 Å². The lowest BCUT2D eigenvalue weighted by Gasteiger charge is -2.18. The summed E-state index contributed by atoms with van der Waals surface area (Å²) in [6, 6.07) is 43.0. The van der Waals surface area contributed by atoms with Crippen molar-refractivity contribution in [2.24, 2.45) is 0 Å². The molecule has 3 heterocycles. The molecular formula is C102H138N18O6. The minimum Gasteiger partial charge on any atom is -0.338 e. The van der Waals surface area contributed by atoms with E-state index < -0.39 is 0 Å². The van der Waals surface area contributed by atoms with Gasteiger partial charge in [0.25, 0.3) is 0 Å². The van der Waals surface area contributed by atoms with E-state index in [0.717, 1.165) is 154 Å². The maximum absolute atomic E-state index is 13.5. The molecule has 24 heteroatoms. The van der Waals surface area contributed by atoms with Gasteiger partial charge in [-0.3, -0.25) is 0 Å². The van der Waals surface area contributed by atoms with E-state index in [-0.39, 0.29) is 36.2 Å². The number of aromatic nitrogens is 6. The number of urea groups is 6. The van der Waals surface area contributed by atoms with E-state index in [2.05, 4.69) is 105 Å². The van der Waals surface area contributed by atoms with Crippen LogP contribution in [-0.4, -0.2) is 105 Å². The second-order valence-electron chi connectivity index (χ2n) is 33.2. The molecule has 12 N–H and O–H groups in total. The predicted octanol–water partition coefficient (Wildman–Crippen LogP) is 26.4. The van der Waals surface area contributed by atoms with Gasteiger partial charge in [-0.05, 0) is 111 Å². The molecule has 0 unspecified atom stereocenters. The number of unbranched alkanes of at least 4 members (excludes halogenated alkanes) is 30. The van der Waals surface area contributed by atoms with E-state index in [1.165, 1.54) is 77.0 Å². The quantitative estimate of drug-likeness (QED) is 0.0125. The van der Waals surface area contributed by atoms with Crippen molar-refractivity contribution in [1.29, 1.82) is 0 Å². The van der Waals surface area contributed by atoms with Crippen molar-refractivity contribution in [2.45, 2.75) is 273 Å². The SMILES string of the molecule is CCCCCCCCNC(=O)Nc1ccc(-c2nc3c4nc(-c5ccc(NC(=O)NCCCCCCCC)cc5)c(-c5ccc(NC(=O)NCCCCCCCC)cc5)nc4c4nc(-c5ccc(NC(=O)NCCCCCCCC)cc5)c(-c5ccc(NC(=O)NCCCCCCCC)cc5)nc4c3nc2-c2ccc(NC(=O)NCCCCCCCC)cc2)cc1. The van der Waals surface area contributed by atoms with Crippen LogP contribution in [0.1, 0.15) is 273 Å². The Morgan fingerprint density at radius 3 is 0.421 bits per heavy atom. The van der Waals surface area contributed by atoms with Gasteiger partial charge in [-0.25, -0.2) is 58.7 Å². The fraction of sp³-hybridized carbons (Fsp3) is 0.471. The van der Waals surface area contributed by atoms with E-state index in [9.17, 15) is 28.8 Å². The van der Waals surface area contributed by atoms with Crippen molar-refractivity contribution < 1.29 is 28.8 Å². The number of benzene rings is 7. The number of anilines is 6. The summed E-state index contributed by atoms with van der Waals surface area (Å²) in [4.78, 5) is 116. The third-order valence-electron chi connectivity index (χ3n) is 22.8. The van der Waals surface area contributed by atoms with Crippen LogP contribution in [0.2, 0.25) is 0 Å². The maximum atomic E-state index is 13.5. The number of hydrogen-bond acceptors (Lipinski definition) is 12. The summed E-state index contributed by atoms with van der Waals surface area (Å²) in [5.41, 5.74) is 11.9. The van der Waals surface area contributed by atoms with Crippen LogP contribution in [0.25, 0.3) is 101 Å². The first kappa shape index (κ1) is 96.4. The molecule has 0 saturated heterocycles. The van der Waals surface area contributed by atoms with E-state index in [4.69, 9.17) is 29.9 Å². The van der Waals surface area contributed by atoms with Crippen LogP contribution in [0.4, 0.5) is 62.9 Å². The Bertz CT molecular complexity index is 4170. The Morgan fingerprint density at radius 1 is 0.175 bits per heavy atom. The Balaban J connectivity index is 1.17. The van der Waals surface area contributed by atoms with Crippen LogP contribution in [0.5, 0.6) is 0 Å². The highest BCUT2D eigenvalue weighted by molar-refractivity contribution is 6.20. The van der Waals surface area contributed by atoms with Gasteiger partial charge in [0.05, 0.1) is 34.2 Å². The van der Waals surface area contributed by atoms with Crippen LogP contribution >= 0.6 is 0 Å². The van der Waals surface area contributed by atoms with Crippen LogP contribution < -0.4 is 63.8 Å². The summed E-state index contributed by atoms with van der Waals surface area (Å²) >= 11 is 0. The first-order valence-electron chi connectivity index (χ1n) is 47.5. The molecule has 0 aliphatic heterocycles. The molecule has 0 saturated carbocycles. The number of carbonyl (C=O) groups excluding carboxylic acids is 6. The molecule has 0 aliphatic rings. The Morgan fingerprint density at radius 2 is 0.294 bits per heavy atom. The van der Waals surface area contributed by atoms with E-state index in [1.54, 1.807) is 0 Å². The van der Waals surface area contributed by atoms with Crippen molar-refractivity contribution in [3.8, 4) is 67.5 Å². The van der Waals surface area contributed by atoms with Gasteiger partial charge < -0.3 is 63.8 Å². The zero-order chi connectivity index (χ0) is 88.7. The van der Waals surface area contributed by atoms with Crippen LogP contribution in [0.3, 0.4) is 0 Å². The summed E-state index contributed by atoms with van der Waals surface area (Å²) < 4.78 is 0. The lowest BCUT2D eigenvalue weighted by Crippen LogP contribution is -2.29. The molecule has 10 aromatic rings. The molecular weight excluding hydrogens is 1570 g/mol. The highest BCUT2D eigenvalue weighted by Crippen LogP contribution is 2.43. The van der Waals surface area contributed by atoms with Crippen molar-refractivity contribution in [3.05, 3.63) is 146 Å². The topological polar surface area (TPSA) is 324 Å². The molecule has 0 spiro atoms. The third kappa shape index (κ3) is 31.4. The number of nitrogens with one attached hydrogen (secondary N) is 12. The summed E-state index contributed by atoms with van der Waals surface area (Å²) in [7, 11) is 0. The molecule has 126 heavy (non-hydrogen) atoms. The fourth-order valence-electron chi connectivity index (χ4n) is 15.5. The molecule has 672 valence electrons. The van der Waals surface area contributed by atoms with Crippen molar-refractivity contribution in [1.82, 2.24) is 61.8 Å². The molecule has 10 rings (SSSR count). The molecule has 12 amide bonds. The Kier molecular flexibility index (Phi) is 41.4. The van der Waals surface area contributed by atoms with E-state index >= 15 is 0 Å². The molecule has 0 atom stereocenters. The molecule has 0 fully saturated rings. The summed E-state index contributed by atoms with van der Waals surface area (Å²) in [5.74, 6) is 0. The number of fused-ring (bicyclic) bond motifs is 6. The molecule has 24 nitrogen and oxygen atoms in total. The second kappa shape index (κ2) is 54.2. The van der Waals surface area contributed by atoms with Crippen LogP contribution in [0.15, 0.2) is 146 Å². The molecule has 0 aliphatic carbocycles. The zero-order valence-corrected chi connectivity index (χ0v) is 75.7. The minimum absolute atomic E-state index is 0.311. The Hall–Kier alpha value is -11.8. The number of hydrogen-bond donors (Lipinski definition) is 12. The summed E-state index contributed by atoms with van der Waals surface area (Å²) in [5, 5.41) is 36.5. The third-order valence-corrected chi connectivity index (χ3v) is 22.8. The van der Waals surface area contributed by atoms with Gasteiger partial charge in [-0.15, -0.1) is 0 Å². The number of amides is 12. The monoisotopic (exact) mass is 1710 g/mol. The number of carbonyl (C=O) groups is 6. The van der Waals surface area contributed by atoms with Crippen molar-refractivity contribution in [3.63, 3.8) is 0 Å². The van der Waals surface area contributed by atoms with E-state index in [0.29, 0.717) is 174 Å². The zero-order valence-electron chi connectivity index (χ0n) is 75.7. The highest BCUT2D eigenvalue weighted by atomic mass is 16.2. The summed E-state index contributed by atoms with van der Waals surface area (Å²) in [6.45, 7) is 16.5. The average Bonchev–Trinajstić information content (AvgIpc) is 0.712. The average molecular weight is 1710 g/mol. The maximum Gasteiger partial charge on any atom is 0.319 e. The van der Waals surface area contributed by atoms with Gasteiger partial charge in [0.15, 0.2) is 0 Å². The van der Waals surface area contributed by atoms with Crippen molar-refractivity contribution in [2.75, 3.05) is 71.2 Å². The van der Waals surface area contributed by atoms with Crippen LogP contribution in [-0.2, 0) is 0 Å². The number of rotatable bonds is 54. The largest absolute Gasteiger partial charge is 0.338 e.